The monoisotopic (exact) mass is 273 g/mol. The standard InChI is InChI=1S/C14H11NO5/c1-10(16)19-13-8-4-5-9-14(13)20-12-7-3-2-6-11(12)15(17)18/h2-9H,1H3. The Morgan fingerprint density at radius 2 is 1.55 bits per heavy atom. The summed E-state index contributed by atoms with van der Waals surface area (Å²) in [6.45, 7) is 1.27. The molecule has 0 aliphatic heterocycles. The molecule has 20 heavy (non-hydrogen) atoms. The van der Waals surface area contributed by atoms with Crippen molar-refractivity contribution >= 4 is 11.7 Å². The lowest BCUT2D eigenvalue weighted by Crippen LogP contribution is -2.03. The minimum absolute atomic E-state index is 0.0807. The zero-order chi connectivity index (χ0) is 14.5. The highest BCUT2D eigenvalue weighted by Crippen LogP contribution is 2.35. The number of hydrogen-bond acceptors (Lipinski definition) is 5. The van der Waals surface area contributed by atoms with Gasteiger partial charge in [0, 0.05) is 13.0 Å². The number of nitro benzene ring substituents is 1. The van der Waals surface area contributed by atoms with E-state index in [9.17, 15) is 14.9 Å². The highest BCUT2D eigenvalue weighted by Gasteiger charge is 2.16. The molecule has 2 aromatic carbocycles. The number of carbonyl (C=O) groups excluding carboxylic acids is 1. The van der Waals surface area contributed by atoms with Gasteiger partial charge in [0.05, 0.1) is 4.92 Å². The third-order valence-electron chi connectivity index (χ3n) is 2.38. The average Bonchev–Trinajstić information content (AvgIpc) is 2.41. The SMILES string of the molecule is CC(=O)Oc1ccccc1Oc1ccccc1[N+](=O)[O-]. The smallest absolute Gasteiger partial charge is 0.311 e. The third-order valence-corrected chi connectivity index (χ3v) is 2.38. The summed E-state index contributed by atoms with van der Waals surface area (Å²) in [5.74, 6) is 0.0239. The van der Waals surface area contributed by atoms with Crippen LogP contribution in [0.2, 0.25) is 0 Å². The highest BCUT2D eigenvalue weighted by molar-refractivity contribution is 5.70. The molecule has 6 nitrogen and oxygen atoms in total. The summed E-state index contributed by atoms with van der Waals surface area (Å²) in [6.07, 6.45) is 0. The Labute approximate surface area is 114 Å². The molecule has 0 unspecified atom stereocenters. The Morgan fingerprint density at radius 3 is 2.15 bits per heavy atom. The van der Waals surface area contributed by atoms with Gasteiger partial charge in [-0.05, 0) is 18.2 Å². The van der Waals surface area contributed by atoms with Gasteiger partial charge in [0.25, 0.3) is 0 Å². The van der Waals surface area contributed by atoms with Crippen LogP contribution in [0.5, 0.6) is 17.2 Å². The number of para-hydroxylation sites is 4. The second-order valence-electron chi connectivity index (χ2n) is 3.87. The molecule has 0 N–H and O–H groups in total. The molecule has 0 heterocycles. The maximum atomic E-state index is 11.0. The topological polar surface area (TPSA) is 78.7 Å². The number of esters is 1. The summed E-state index contributed by atoms with van der Waals surface area (Å²) in [5.41, 5.74) is -0.162. The van der Waals surface area contributed by atoms with E-state index >= 15 is 0 Å². The van der Waals surface area contributed by atoms with E-state index in [1.165, 1.54) is 19.1 Å². The number of benzene rings is 2. The first-order valence-corrected chi connectivity index (χ1v) is 5.76. The molecule has 0 aromatic heterocycles. The van der Waals surface area contributed by atoms with Gasteiger partial charge in [0.15, 0.2) is 11.5 Å². The summed E-state index contributed by atoms with van der Waals surface area (Å²) in [4.78, 5) is 21.4. The predicted molar refractivity (Wildman–Crippen MR) is 70.9 cm³/mol. The van der Waals surface area contributed by atoms with Crippen LogP contribution in [0, 0.1) is 10.1 Å². The molecule has 0 fully saturated rings. The van der Waals surface area contributed by atoms with Gasteiger partial charge in [0.1, 0.15) is 0 Å². The van der Waals surface area contributed by atoms with Crippen LogP contribution in [0.3, 0.4) is 0 Å². The molecule has 6 heteroatoms. The van der Waals surface area contributed by atoms with Crippen molar-refractivity contribution < 1.29 is 19.2 Å². The first kappa shape index (κ1) is 13.5. The van der Waals surface area contributed by atoms with E-state index in [1.807, 2.05) is 0 Å². The van der Waals surface area contributed by atoms with Gasteiger partial charge in [-0.25, -0.2) is 0 Å². The van der Waals surface area contributed by atoms with E-state index in [0.717, 1.165) is 0 Å². The predicted octanol–water partition coefficient (Wildman–Crippen LogP) is 3.31. The van der Waals surface area contributed by atoms with Crippen molar-refractivity contribution in [3.63, 3.8) is 0 Å². The lowest BCUT2D eigenvalue weighted by molar-refractivity contribution is -0.385. The second kappa shape index (κ2) is 5.83. The Morgan fingerprint density at radius 1 is 1.00 bits per heavy atom. The first-order chi connectivity index (χ1) is 9.58. The normalized spacial score (nSPS) is 9.85. The van der Waals surface area contributed by atoms with Crippen LogP contribution in [0.1, 0.15) is 6.92 Å². The maximum absolute atomic E-state index is 11.0. The third kappa shape index (κ3) is 3.11. The average molecular weight is 273 g/mol. The zero-order valence-electron chi connectivity index (χ0n) is 10.6. The van der Waals surface area contributed by atoms with Crippen molar-refractivity contribution in [2.75, 3.05) is 0 Å². The van der Waals surface area contributed by atoms with E-state index in [4.69, 9.17) is 9.47 Å². The van der Waals surface area contributed by atoms with Crippen molar-refractivity contribution in [2.24, 2.45) is 0 Å². The largest absolute Gasteiger partial charge is 0.446 e. The molecule has 0 amide bonds. The summed E-state index contributed by atoms with van der Waals surface area (Å²) in [7, 11) is 0. The fourth-order valence-corrected chi connectivity index (χ4v) is 1.59. The molecule has 0 saturated heterocycles. The number of hydrogen-bond donors (Lipinski definition) is 0. The summed E-state index contributed by atoms with van der Waals surface area (Å²) in [5, 5.41) is 10.9. The lowest BCUT2D eigenvalue weighted by Gasteiger charge is -2.10. The number of ether oxygens (including phenoxy) is 2. The number of nitro groups is 1. The summed E-state index contributed by atoms with van der Waals surface area (Å²) in [6, 6.07) is 12.4. The fourth-order valence-electron chi connectivity index (χ4n) is 1.59. The Bertz CT molecular complexity index is 654. The van der Waals surface area contributed by atoms with E-state index in [2.05, 4.69) is 0 Å². The van der Waals surface area contributed by atoms with Gasteiger partial charge in [-0.2, -0.15) is 0 Å². The van der Waals surface area contributed by atoms with Crippen LogP contribution in [-0.4, -0.2) is 10.9 Å². The van der Waals surface area contributed by atoms with Gasteiger partial charge < -0.3 is 9.47 Å². The van der Waals surface area contributed by atoms with E-state index < -0.39 is 10.9 Å². The molecule has 0 saturated carbocycles. The van der Waals surface area contributed by atoms with Crippen LogP contribution in [0.25, 0.3) is 0 Å². The molecule has 102 valence electrons. The first-order valence-electron chi connectivity index (χ1n) is 5.76. The van der Waals surface area contributed by atoms with Crippen molar-refractivity contribution in [3.8, 4) is 17.2 Å². The van der Waals surface area contributed by atoms with E-state index in [-0.39, 0.29) is 22.9 Å². The molecule has 0 aliphatic carbocycles. The van der Waals surface area contributed by atoms with Crippen LogP contribution in [-0.2, 0) is 4.79 Å². The molecule has 0 atom stereocenters. The molecule has 2 aromatic rings. The quantitative estimate of drug-likeness (QED) is 0.369. The molecule has 0 aliphatic rings. The maximum Gasteiger partial charge on any atom is 0.311 e. The zero-order valence-corrected chi connectivity index (χ0v) is 10.6. The van der Waals surface area contributed by atoms with Gasteiger partial charge in [-0.3, -0.25) is 14.9 Å². The van der Waals surface area contributed by atoms with E-state index in [0.29, 0.717) is 0 Å². The molecule has 0 spiro atoms. The van der Waals surface area contributed by atoms with E-state index in [1.54, 1.807) is 36.4 Å². The van der Waals surface area contributed by atoms with Crippen LogP contribution in [0.4, 0.5) is 5.69 Å². The second-order valence-corrected chi connectivity index (χ2v) is 3.87. The van der Waals surface area contributed by atoms with Crippen molar-refractivity contribution in [2.45, 2.75) is 6.92 Å². The number of nitrogens with zero attached hydrogens (tertiary/aromatic N) is 1. The Balaban J connectivity index is 2.35. The van der Waals surface area contributed by atoms with Gasteiger partial charge in [-0.1, -0.05) is 24.3 Å². The highest BCUT2D eigenvalue weighted by atomic mass is 16.6. The minimum Gasteiger partial charge on any atom is -0.446 e. The van der Waals surface area contributed by atoms with Crippen molar-refractivity contribution in [3.05, 3.63) is 58.6 Å². The van der Waals surface area contributed by atoms with Crippen LogP contribution >= 0.6 is 0 Å². The minimum atomic E-state index is -0.538. The Hall–Kier alpha value is -2.89. The van der Waals surface area contributed by atoms with Gasteiger partial charge in [0.2, 0.25) is 5.75 Å². The van der Waals surface area contributed by atoms with Gasteiger partial charge in [-0.15, -0.1) is 0 Å². The number of rotatable bonds is 4. The molecular formula is C14H11NO5. The van der Waals surface area contributed by atoms with Crippen molar-refractivity contribution in [1.29, 1.82) is 0 Å². The van der Waals surface area contributed by atoms with Crippen LogP contribution in [0.15, 0.2) is 48.5 Å². The fraction of sp³-hybridized carbons (Fsp3) is 0.0714. The molecular weight excluding hydrogens is 262 g/mol. The number of carbonyl (C=O) groups is 1. The lowest BCUT2D eigenvalue weighted by atomic mass is 10.3. The summed E-state index contributed by atoms with van der Waals surface area (Å²) >= 11 is 0. The van der Waals surface area contributed by atoms with Crippen molar-refractivity contribution in [1.82, 2.24) is 0 Å². The Kier molecular flexibility index (Phi) is 3.95. The van der Waals surface area contributed by atoms with Crippen LogP contribution < -0.4 is 9.47 Å². The molecule has 2 rings (SSSR count). The summed E-state index contributed by atoms with van der Waals surface area (Å²) < 4.78 is 10.5. The molecule has 0 radical (unpaired) electrons. The molecule has 0 bridgehead atoms. The van der Waals surface area contributed by atoms with Gasteiger partial charge >= 0.3 is 11.7 Å².